The van der Waals surface area contributed by atoms with Gasteiger partial charge in [0.1, 0.15) is 16.4 Å². The summed E-state index contributed by atoms with van der Waals surface area (Å²) in [6, 6.07) is 3.73. The molecule has 0 spiro atoms. The molecule has 0 saturated carbocycles. The van der Waals surface area contributed by atoms with Gasteiger partial charge in [0.15, 0.2) is 5.78 Å². The lowest BCUT2D eigenvalue weighted by Crippen LogP contribution is -1.90. The Balaban J connectivity index is 0.000000181. The molecule has 0 fully saturated rings. The van der Waals surface area contributed by atoms with Gasteiger partial charge in [-0.1, -0.05) is 0 Å². The average Bonchev–Trinajstić information content (AvgIpc) is 3.00. The molecule has 0 N–H and O–H groups in total. The number of rotatable bonds is 3. The van der Waals surface area contributed by atoms with Crippen LogP contribution in [0, 0.1) is 0 Å². The van der Waals surface area contributed by atoms with Crippen LogP contribution in [0.1, 0.15) is 16.6 Å². The maximum Gasteiger partial charge on any atom is 0.173 e. The van der Waals surface area contributed by atoms with Gasteiger partial charge in [-0.15, -0.1) is 22.7 Å². The molecule has 0 aliphatic carbocycles. The molecule has 0 bridgehead atoms. The highest BCUT2D eigenvalue weighted by Gasteiger charge is 2.07. The number of thiophene rings is 2. The van der Waals surface area contributed by atoms with Crippen LogP contribution in [0.4, 0.5) is 0 Å². The smallest absolute Gasteiger partial charge is 0.173 e. The summed E-state index contributed by atoms with van der Waals surface area (Å²) < 4.78 is 9.80. The van der Waals surface area contributed by atoms with E-state index >= 15 is 0 Å². The fraction of sp³-hybridized carbons (Fsp3) is 0.250. The highest BCUT2D eigenvalue weighted by molar-refractivity contribution is 7.12. The highest BCUT2D eigenvalue weighted by atomic mass is 32.1. The van der Waals surface area contributed by atoms with Crippen molar-refractivity contribution in [3.05, 3.63) is 33.2 Å². The van der Waals surface area contributed by atoms with Crippen LogP contribution in [0.15, 0.2) is 28.3 Å². The molecule has 0 aromatic carbocycles. The standard InChI is InChI=1S/C7H8O2S.C5H6OS/c1-5(8)7-6(9-2)3-4-10-7;1-6-5-2-3-7-4-5/h3-4H,1-2H3;2-4H,1H3. The lowest BCUT2D eigenvalue weighted by Gasteiger charge is -1.95. The van der Waals surface area contributed by atoms with Crippen molar-refractivity contribution in [3.63, 3.8) is 0 Å². The van der Waals surface area contributed by atoms with E-state index in [0.29, 0.717) is 10.6 Å². The summed E-state index contributed by atoms with van der Waals surface area (Å²) in [6.07, 6.45) is 0. The first-order valence-electron chi connectivity index (χ1n) is 4.87. The summed E-state index contributed by atoms with van der Waals surface area (Å²) >= 11 is 3.05. The zero-order chi connectivity index (χ0) is 12.7. The topological polar surface area (TPSA) is 35.5 Å². The predicted octanol–water partition coefficient (Wildman–Crippen LogP) is 3.72. The number of hydrogen-bond acceptors (Lipinski definition) is 5. The van der Waals surface area contributed by atoms with Gasteiger partial charge in [0.2, 0.25) is 0 Å². The van der Waals surface area contributed by atoms with Crippen molar-refractivity contribution in [2.75, 3.05) is 14.2 Å². The number of hydrogen-bond donors (Lipinski definition) is 0. The Hall–Kier alpha value is -1.33. The van der Waals surface area contributed by atoms with Gasteiger partial charge in [-0.2, -0.15) is 0 Å². The molecular weight excluding hydrogens is 256 g/mol. The lowest BCUT2D eigenvalue weighted by molar-refractivity contribution is 0.101. The number of ketones is 1. The largest absolute Gasteiger partial charge is 0.496 e. The second-order valence-corrected chi connectivity index (χ2v) is 4.73. The average molecular weight is 270 g/mol. The van der Waals surface area contributed by atoms with Crippen molar-refractivity contribution in [1.29, 1.82) is 0 Å². The summed E-state index contributed by atoms with van der Waals surface area (Å²) in [5.74, 6) is 1.69. The van der Waals surface area contributed by atoms with Crippen LogP contribution in [-0.4, -0.2) is 20.0 Å². The Labute approximate surface area is 109 Å². The summed E-state index contributed by atoms with van der Waals surface area (Å²) in [4.78, 5) is 11.5. The quantitative estimate of drug-likeness (QED) is 0.797. The summed E-state index contributed by atoms with van der Waals surface area (Å²) in [5, 5.41) is 5.79. The molecule has 2 aromatic rings. The van der Waals surface area contributed by atoms with Crippen molar-refractivity contribution in [1.82, 2.24) is 0 Å². The molecule has 0 atom stereocenters. The van der Waals surface area contributed by atoms with Crippen molar-refractivity contribution in [2.24, 2.45) is 0 Å². The van der Waals surface area contributed by atoms with Gasteiger partial charge in [0.25, 0.3) is 0 Å². The SMILES string of the molecule is COc1ccsc1.COc1ccsc1C(C)=O. The number of carbonyl (C=O) groups is 1. The fourth-order valence-corrected chi connectivity index (χ4v) is 2.44. The van der Waals surface area contributed by atoms with Gasteiger partial charge in [0.05, 0.1) is 14.2 Å². The summed E-state index contributed by atoms with van der Waals surface area (Å²) in [7, 11) is 3.23. The van der Waals surface area contributed by atoms with Crippen molar-refractivity contribution < 1.29 is 14.3 Å². The Morgan fingerprint density at radius 2 is 1.94 bits per heavy atom. The van der Waals surface area contributed by atoms with Gasteiger partial charge in [-0.3, -0.25) is 4.79 Å². The Morgan fingerprint density at radius 3 is 2.29 bits per heavy atom. The molecule has 2 rings (SSSR count). The molecule has 0 unspecified atom stereocenters. The van der Waals surface area contributed by atoms with Crippen LogP contribution in [0.2, 0.25) is 0 Å². The predicted molar refractivity (Wildman–Crippen MR) is 71.7 cm³/mol. The van der Waals surface area contributed by atoms with Crippen LogP contribution in [0.5, 0.6) is 11.5 Å². The third-order valence-electron chi connectivity index (χ3n) is 1.90. The van der Waals surface area contributed by atoms with Gasteiger partial charge < -0.3 is 9.47 Å². The van der Waals surface area contributed by atoms with Crippen molar-refractivity contribution in [2.45, 2.75) is 6.92 Å². The van der Waals surface area contributed by atoms with Crippen LogP contribution in [0.3, 0.4) is 0 Å². The Morgan fingerprint density at radius 1 is 1.18 bits per heavy atom. The van der Waals surface area contributed by atoms with Crippen LogP contribution in [0.25, 0.3) is 0 Å². The normalized spacial score (nSPS) is 9.12. The van der Waals surface area contributed by atoms with Crippen LogP contribution >= 0.6 is 22.7 Å². The molecule has 0 radical (unpaired) electrons. The van der Waals surface area contributed by atoms with E-state index in [0.717, 1.165) is 5.75 Å². The number of carbonyl (C=O) groups excluding carboxylic acids is 1. The van der Waals surface area contributed by atoms with E-state index in [2.05, 4.69) is 0 Å². The van der Waals surface area contributed by atoms with E-state index in [9.17, 15) is 4.79 Å². The third-order valence-corrected chi connectivity index (χ3v) is 3.56. The molecule has 5 heteroatoms. The highest BCUT2D eigenvalue weighted by Crippen LogP contribution is 2.24. The summed E-state index contributed by atoms with van der Waals surface area (Å²) in [5.41, 5.74) is 0. The fourth-order valence-electron chi connectivity index (χ4n) is 1.08. The van der Waals surface area contributed by atoms with Gasteiger partial charge in [-0.05, 0) is 22.9 Å². The second kappa shape index (κ2) is 7.09. The van der Waals surface area contributed by atoms with Gasteiger partial charge >= 0.3 is 0 Å². The minimum Gasteiger partial charge on any atom is -0.496 e. The molecule has 0 saturated heterocycles. The van der Waals surface area contributed by atoms with E-state index < -0.39 is 0 Å². The molecule has 0 aliphatic heterocycles. The zero-order valence-corrected chi connectivity index (χ0v) is 11.6. The molecule has 0 amide bonds. The lowest BCUT2D eigenvalue weighted by atomic mass is 10.3. The molecule has 92 valence electrons. The van der Waals surface area contributed by atoms with Gasteiger partial charge in [-0.25, -0.2) is 0 Å². The first-order chi connectivity index (χ1) is 8.19. The Bertz CT molecular complexity index is 446. The summed E-state index contributed by atoms with van der Waals surface area (Å²) in [6.45, 7) is 1.54. The molecule has 3 nitrogen and oxygen atoms in total. The van der Waals surface area contributed by atoms with E-state index in [-0.39, 0.29) is 5.78 Å². The first-order valence-corrected chi connectivity index (χ1v) is 6.70. The van der Waals surface area contributed by atoms with Crippen molar-refractivity contribution >= 4 is 28.5 Å². The second-order valence-electron chi connectivity index (χ2n) is 3.04. The third kappa shape index (κ3) is 4.20. The molecular formula is C12H14O3S2. The number of Topliss-reactive ketones (excluding diaryl/α,β-unsaturated/α-hetero) is 1. The molecule has 2 heterocycles. The minimum atomic E-state index is 0.0619. The van der Waals surface area contributed by atoms with E-state index in [4.69, 9.17) is 9.47 Å². The van der Waals surface area contributed by atoms with E-state index in [1.165, 1.54) is 18.3 Å². The molecule has 2 aromatic heterocycles. The van der Waals surface area contributed by atoms with E-state index in [1.807, 2.05) is 22.2 Å². The maximum absolute atomic E-state index is 10.8. The molecule has 0 aliphatic rings. The minimum absolute atomic E-state index is 0.0619. The zero-order valence-electron chi connectivity index (χ0n) is 9.93. The molecule has 17 heavy (non-hydrogen) atoms. The first kappa shape index (κ1) is 13.7. The monoisotopic (exact) mass is 270 g/mol. The van der Waals surface area contributed by atoms with Crippen LogP contribution in [-0.2, 0) is 0 Å². The number of methoxy groups -OCH3 is 2. The number of ether oxygens (including phenoxy) is 2. The van der Waals surface area contributed by atoms with Gasteiger partial charge in [0, 0.05) is 12.3 Å². The van der Waals surface area contributed by atoms with Crippen molar-refractivity contribution in [3.8, 4) is 11.5 Å². The van der Waals surface area contributed by atoms with E-state index in [1.54, 1.807) is 31.6 Å². The maximum atomic E-state index is 10.8. The van der Waals surface area contributed by atoms with Crippen LogP contribution < -0.4 is 9.47 Å². The Kier molecular flexibility index (Phi) is 5.72.